The van der Waals surface area contributed by atoms with E-state index in [0.29, 0.717) is 29.0 Å². The zero-order valence-corrected chi connectivity index (χ0v) is 10.3. The number of fused-ring (bicyclic) bond motifs is 2. The lowest BCUT2D eigenvalue weighted by atomic mass is 9.80. The molecule has 0 saturated carbocycles. The van der Waals surface area contributed by atoms with E-state index in [9.17, 15) is 10.2 Å². The van der Waals surface area contributed by atoms with Gasteiger partial charge in [0.1, 0.15) is 22.8 Å². The molecule has 0 bridgehead atoms. The molecule has 0 fully saturated rings. The maximum atomic E-state index is 11.0. The van der Waals surface area contributed by atoms with Gasteiger partial charge >= 0.3 is 0 Å². The zero-order valence-electron chi connectivity index (χ0n) is 10.3. The highest BCUT2D eigenvalue weighted by molar-refractivity contribution is 5.60. The molecular formula is C16H14O3. The number of hydrogen-bond donors (Lipinski definition) is 2. The lowest BCUT2D eigenvalue weighted by Crippen LogP contribution is -2.30. The summed E-state index contributed by atoms with van der Waals surface area (Å²) in [6.07, 6.45) is 1.94. The molecule has 0 amide bonds. The molecule has 1 aliphatic heterocycles. The van der Waals surface area contributed by atoms with E-state index in [-0.39, 0.29) is 5.75 Å². The van der Waals surface area contributed by atoms with Crippen LogP contribution in [-0.2, 0) is 5.60 Å². The Morgan fingerprint density at radius 3 is 2.63 bits per heavy atom. The summed E-state index contributed by atoms with van der Waals surface area (Å²) in [4.78, 5) is 0. The summed E-state index contributed by atoms with van der Waals surface area (Å²) in [5, 5.41) is 21.1. The lowest BCUT2D eigenvalue weighted by molar-refractivity contribution is 0.0699. The first-order valence-electron chi connectivity index (χ1n) is 6.10. The molecule has 1 unspecified atom stereocenters. The Hall–Kier alpha value is -2.26. The number of ether oxygens (including phenoxy) is 1. The van der Waals surface area contributed by atoms with Crippen LogP contribution in [0.25, 0.3) is 0 Å². The van der Waals surface area contributed by atoms with E-state index in [4.69, 9.17) is 4.74 Å². The van der Waals surface area contributed by atoms with Crippen molar-refractivity contribution >= 4 is 0 Å². The van der Waals surface area contributed by atoms with Crippen LogP contribution in [0.3, 0.4) is 0 Å². The molecule has 0 radical (unpaired) electrons. The molecule has 0 aromatic heterocycles. The van der Waals surface area contributed by atoms with Crippen molar-refractivity contribution in [1.29, 1.82) is 0 Å². The number of para-hydroxylation sites is 1. The molecule has 96 valence electrons. The third kappa shape index (κ3) is 1.63. The number of benzene rings is 2. The molecule has 2 N–H and O–H groups in total. The van der Waals surface area contributed by atoms with E-state index in [1.165, 1.54) is 0 Å². The van der Waals surface area contributed by atoms with E-state index < -0.39 is 5.60 Å². The first-order chi connectivity index (χ1) is 9.16. The summed E-state index contributed by atoms with van der Waals surface area (Å²) in [6, 6.07) is 12.3. The van der Waals surface area contributed by atoms with E-state index in [2.05, 4.69) is 6.58 Å². The molecule has 0 spiro atoms. The number of phenolic OH excluding ortho intramolecular Hbond substituents is 1. The van der Waals surface area contributed by atoms with E-state index in [0.717, 1.165) is 0 Å². The molecule has 3 rings (SSSR count). The third-order valence-corrected chi connectivity index (χ3v) is 3.41. The van der Waals surface area contributed by atoms with Crippen LogP contribution >= 0.6 is 0 Å². The SMILES string of the molecule is C=CCC1(O)c2ccccc2Oc2cccc(O)c21. The standard InChI is InChI=1S/C16H14O3/c1-2-10-16(18)11-6-3-4-8-13(11)19-14-9-5-7-12(17)15(14)16/h2-9,17-18H,1,10H2. The summed E-state index contributed by atoms with van der Waals surface area (Å²) in [6.45, 7) is 3.69. The molecule has 2 aromatic carbocycles. The van der Waals surface area contributed by atoms with Crippen molar-refractivity contribution in [2.75, 3.05) is 0 Å². The van der Waals surface area contributed by atoms with Gasteiger partial charge in [-0.3, -0.25) is 0 Å². The van der Waals surface area contributed by atoms with Crippen molar-refractivity contribution < 1.29 is 14.9 Å². The van der Waals surface area contributed by atoms with Crippen LogP contribution in [0.2, 0.25) is 0 Å². The van der Waals surface area contributed by atoms with Gasteiger partial charge in [-0.25, -0.2) is 0 Å². The van der Waals surface area contributed by atoms with Crippen LogP contribution in [0.1, 0.15) is 17.5 Å². The van der Waals surface area contributed by atoms with Crippen molar-refractivity contribution in [3.8, 4) is 17.2 Å². The minimum Gasteiger partial charge on any atom is -0.507 e. The minimum absolute atomic E-state index is 0.0244. The molecule has 1 aliphatic rings. The van der Waals surface area contributed by atoms with Gasteiger partial charge in [0.15, 0.2) is 0 Å². The summed E-state index contributed by atoms with van der Waals surface area (Å²) < 4.78 is 5.75. The summed E-state index contributed by atoms with van der Waals surface area (Å²) >= 11 is 0. The summed E-state index contributed by atoms with van der Waals surface area (Å²) in [7, 11) is 0. The second kappa shape index (κ2) is 4.14. The fourth-order valence-corrected chi connectivity index (χ4v) is 2.59. The predicted octanol–water partition coefficient (Wildman–Crippen LogP) is 3.31. The van der Waals surface area contributed by atoms with Gasteiger partial charge in [-0.2, -0.15) is 0 Å². The third-order valence-electron chi connectivity index (χ3n) is 3.41. The van der Waals surface area contributed by atoms with Crippen LogP contribution < -0.4 is 4.74 Å². The first-order valence-corrected chi connectivity index (χ1v) is 6.10. The average molecular weight is 254 g/mol. The van der Waals surface area contributed by atoms with Crippen LogP contribution in [0.5, 0.6) is 17.2 Å². The normalized spacial score (nSPS) is 20.1. The number of hydrogen-bond acceptors (Lipinski definition) is 3. The van der Waals surface area contributed by atoms with Crippen molar-refractivity contribution in [2.45, 2.75) is 12.0 Å². The predicted molar refractivity (Wildman–Crippen MR) is 72.4 cm³/mol. The van der Waals surface area contributed by atoms with Gasteiger partial charge in [0.25, 0.3) is 0 Å². The molecule has 3 nitrogen and oxygen atoms in total. The van der Waals surface area contributed by atoms with E-state index in [1.807, 2.05) is 12.1 Å². The van der Waals surface area contributed by atoms with Crippen LogP contribution in [0.4, 0.5) is 0 Å². The fraction of sp³-hybridized carbons (Fsp3) is 0.125. The molecule has 3 heteroatoms. The Bertz CT molecular complexity index is 648. The largest absolute Gasteiger partial charge is 0.507 e. The van der Waals surface area contributed by atoms with Crippen LogP contribution in [-0.4, -0.2) is 10.2 Å². The van der Waals surface area contributed by atoms with Crippen molar-refractivity contribution in [2.24, 2.45) is 0 Å². The Labute approximate surface area is 111 Å². The van der Waals surface area contributed by atoms with Gasteiger partial charge in [0, 0.05) is 12.0 Å². The molecular weight excluding hydrogens is 240 g/mol. The van der Waals surface area contributed by atoms with Gasteiger partial charge in [-0.05, 0) is 18.2 Å². The van der Waals surface area contributed by atoms with E-state index in [1.54, 1.807) is 36.4 Å². The Kier molecular flexibility index (Phi) is 2.57. The molecule has 0 aliphatic carbocycles. The quantitative estimate of drug-likeness (QED) is 0.808. The second-order valence-electron chi connectivity index (χ2n) is 4.60. The maximum absolute atomic E-state index is 11.0. The lowest BCUT2D eigenvalue weighted by Gasteiger charge is -2.35. The van der Waals surface area contributed by atoms with Crippen molar-refractivity contribution in [3.05, 3.63) is 66.2 Å². The van der Waals surface area contributed by atoms with Crippen LogP contribution in [0.15, 0.2) is 55.1 Å². The van der Waals surface area contributed by atoms with Gasteiger partial charge in [0.2, 0.25) is 0 Å². The Balaban J connectivity index is 2.31. The molecule has 1 heterocycles. The number of rotatable bonds is 2. The summed E-state index contributed by atoms with van der Waals surface area (Å²) in [5.41, 5.74) is -0.269. The summed E-state index contributed by atoms with van der Waals surface area (Å²) in [5.74, 6) is 1.10. The average Bonchev–Trinajstić information content (AvgIpc) is 2.39. The number of aliphatic hydroxyl groups is 1. The monoisotopic (exact) mass is 254 g/mol. The molecule has 1 atom stereocenters. The van der Waals surface area contributed by atoms with Gasteiger partial charge in [-0.1, -0.05) is 30.3 Å². The maximum Gasteiger partial charge on any atom is 0.137 e. The number of phenols is 1. The Morgan fingerprint density at radius 1 is 1.11 bits per heavy atom. The van der Waals surface area contributed by atoms with Gasteiger partial charge < -0.3 is 14.9 Å². The molecule has 19 heavy (non-hydrogen) atoms. The number of aromatic hydroxyl groups is 1. The van der Waals surface area contributed by atoms with Gasteiger partial charge in [0.05, 0.1) is 5.56 Å². The topological polar surface area (TPSA) is 49.7 Å². The van der Waals surface area contributed by atoms with Gasteiger partial charge in [-0.15, -0.1) is 6.58 Å². The smallest absolute Gasteiger partial charge is 0.137 e. The minimum atomic E-state index is -1.31. The highest BCUT2D eigenvalue weighted by Gasteiger charge is 2.41. The highest BCUT2D eigenvalue weighted by atomic mass is 16.5. The van der Waals surface area contributed by atoms with Crippen molar-refractivity contribution in [3.63, 3.8) is 0 Å². The zero-order chi connectivity index (χ0) is 13.5. The highest BCUT2D eigenvalue weighted by Crippen LogP contribution is 2.51. The fourth-order valence-electron chi connectivity index (χ4n) is 2.59. The van der Waals surface area contributed by atoms with Crippen LogP contribution in [0, 0.1) is 0 Å². The first kappa shape index (κ1) is 11.8. The second-order valence-corrected chi connectivity index (χ2v) is 4.60. The van der Waals surface area contributed by atoms with Crippen molar-refractivity contribution in [1.82, 2.24) is 0 Å². The molecule has 2 aromatic rings. The van der Waals surface area contributed by atoms with E-state index >= 15 is 0 Å². The Morgan fingerprint density at radius 2 is 1.84 bits per heavy atom. The molecule has 0 saturated heterocycles.